The minimum Gasteiger partial charge on any atom is -0.355 e. The van der Waals surface area contributed by atoms with Crippen LogP contribution in [0.25, 0.3) is 0 Å². The lowest BCUT2D eigenvalue weighted by molar-refractivity contribution is 0.798. The largest absolute Gasteiger partial charge is 0.355 e. The molecule has 3 nitrogen and oxygen atoms in total. The van der Waals surface area contributed by atoms with Crippen molar-refractivity contribution in [1.82, 2.24) is 4.98 Å². The van der Waals surface area contributed by atoms with E-state index in [1.165, 1.54) is 11.1 Å². The molecule has 19 heavy (non-hydrogen) atoms. The van der Waals surface area contributed by atoms with Crippen LogP contribution < -0.4 is 10.6 Å². The minimum absolute atomic E-state index is 0.0287. The van der Waals surface area contributed by atoms with E-state index in [4.69, 9.17) is 5.73 Å². The first-order valence-corrected chi connectivity index (χ1v) is 6.55. The second-order valence-corrected chi connectivity index (χ2v) is 5.03. The van der Waals surface area contributed by atoms with Crippen LogP contribution in [0.4, 0.5) is 5.82 Å². The maximum absolute atomic E-state index is 5.91. The number of benzene rings is 1. The molecule has 0 saturated heterocycles. The third-order valence-electron chi connectivity index (χ3n) is 3.28. The zero-order valence-electron chi connectivity index (χ0n) is 11.8. The molecule has 0 unspecified atom stereocenters. The fourth-order valence-electron chi connectivity index (χ4n) is 2.18. The first kappa shape index (κ1) is 13.6. The molecule has 0 fully saturated rings. The Morgan fingerprint density at radius 3 is 2.53 bits per heavy atom. The SMILES string of the molecule is Cc1cc(N(C)Cc2ccccc2)ncc1[C@@H](C)N. The van der Waals surface area contributed by atoms with Crippen molar-refractivity contribution in [3.8, 4) is 0 Å². The number of hydrogen-bond acceptors (Lipinski definition) is 3. The van der Waals surface area contributed by atoms with Crippen LogP contribution >= 0.6 is 0 Å². The fraction of sp³-hybridized carbons (Fsp3) is 0.312. The molecule has 0 aliphatic carbocycles. The fourth-order valence-corrected chi connectivity index (χ4v) is 2.18. The quantitative estimate of drug-likeness (QED) is 0.913. The van der Waals surface area contributed by atoms with E-state index >= 15 is 0 Å². The third-order valence-corrected chi connectivity index (χ3v) is 3.28. The lowest BCUT2D eigenvalue weighted by atomic mass is 10.1. The maximum Gasteiger partial charge on any atom is 0.128 e. The van der Waals surface area contributed by atoms with Crippen molar-refractivity contribution in [3.05, 3.63) is 59.3 Å². The summed E-state index contributed by atoms with van der Waals surface area (Å²) in [5, 5.41) is 0. The van der Waals surface area contributed by atoms with Crippen molar-refractivity contribution in [2.45, 2.75) is 26.4 Å². The molecule has 1 heterocycles. The van der Waals surface area contributed by atoms with Crippen molar-refractivity contribution in [1.29, 1.82) is 0 Å². The Hall–Kier alpha value is -1.87. The van der Waals surface area contributed by atoms with Crippen LogP contribution in [-0.2, 0) is 6.54 Å². The number of pyridine rings is 1. The average molecular weight is 255 g/mol. The van der Waals surface area contributed by atoms with Gasteiger partial charge in [0.05, 0.1) is 0 Å². The van der Waals surface area contributed by atoms with Crippen LogP contribution in [0.1, 0.15) is 29.7 Å². The summed E-state index contributed by atoms with van der Waals surface area (Å²) in [7, 11) is 2.06. The summed E-state index contributed by atoms with van der Waals surface area (Å²) in [5.41, 5.74) is 9.49. The summed E-state index contributed by atoms with van der Waals surface area (Å²) < 4.78 is 0. The van der Waals surface area contributed by atoms with E-state index in [0.29, 0.717) is 0 Å². The molecule has 0 radical (unpaired) electrons. The number of aryl methyl sites for hydroxylation is 1. The molecule has 0 bridgehead atoms. The van der Waals surface area contributed by atoms with E-state index < -0.39 is 0 Å². The van der Waals surface area contributed by atoms with Gasteiger partial charge < -0.3 is 10.6 Å². The van der Waals surface area contributed by atoms with Crippen molar-refractivity contribution in [2.24, 2.45) is 5.73 Å². The van der Waals surface area contributed by atoms with Gasteiger partial charge in [0.2, 0.25) is 0 Å². The highest BCUT2D eigenvalue weighted by Gasteiger charge is 2.08. The van der Waals surface area contributed by atoms with Crippen molar-refractivity contribution < 1.29 is 0 Å². The molecule has 0 saturated carbocycles. The van der Waals surface area contributed by atoms with Gasteiger partial charge >= 0.3 is 0 Å². The molecule has 0 amide bonds. The predicted molar refractivity (Wildman–Crippen MR) is 80.1 cm³/mol. The molecule has 2 N–H and O–H groups in total. The van der Waals surface area contributed by atoms with Crippen molar-refractivity contribution >= 4 is 5.82 Å². The molecule has 2 aromatic rings. The van der Waals surface area contributed by atoms with Gasteiger partial charge in [-0.15, -0.1) is 0 Å². The highest BCUT2D eigenvalue weighted by Crippen LogP contribution is 2.20. The Balaban J connectivity index is 2.16. The lowest BCUT2D eigenvalue weighted by Crippen LogP contribution is -2.18. The number of anilines is 1. The van der Waals surface area contributed by atoms with Gasteiger partial charge in [-0.1, -0.05) is 30.3 Å². The molecule has 1 aromatic carbocycles. The van der Waals surface area contributed by atoms with Crippen molar-refractivity contribution in [3.63, 3.8) is 0 Å². The van der Waals surface area contributed by atoms with E-state index in [1.54, 1.807) is 0 Å². The Bertz CT molecular complexity index is 535. The number of aromatic nitrogens is 1. The summed E-state index contributed by atoms with van der Waals surface area (Å²) in [6, 6.07) is 12.5. The Kier molecular flexibility index (Phi) is 4.17. The van der Waals surface area contributed by atoms with Crippen LogP contribution in [0.2, 0.25) is 0 Å². The van der Waals surface area contributed by atoms with Gasteiger partial charge in [0.15, 0.2) is 0 Å². The second-order valence-electron chi connectivity index (χ2n) is 5.03. The van der Waals surface area contributed by atoms with Crippen LogP contribution in [-0.4, -0.2) is 12.0 Å². The zero-order chi connectivity index (χ0) is 13.8. The molecule has 0 aliphatic rings. The standard InChI is InChI=1S/C16H21N3/c1-12-9-16(18-10-15(12)13(2)17)19(3)11-14-7-5-4-6-8-14/h4-10,13H,11,17H2,1-3H3/t13-/m1/s1. The molecule has 2 rings (SSSR count). The Morgan fingerprint density at radius 1 is 1.26 bits per heavy atom. The van der Waals surface area contributed by atoms with E-state index in [9.17, 15) is 0 Å². The number of nitrogens with two attached hydrogens (primary N) is 1. The first-order chi connectivity index (χ1) is 9.08. The van der Waals surface area contributed by atoms with Gasteiger partial charge in [0.1, 0.15) is 5.82 Å². The predicted octanol–water partition coefficient (Wildman–Crippen LogP) is 3.05. The molecule has 0 spiro atoms. The topological polar surface area (TPSA) is 42.2 Å². The first-order valence-electron chi connectivity index (χ1n) is 6.55. The molecular weight excluding hydrogens is 234 g/mol. The normalized spacial score (nSPS) is 12.2. The summed E-state index contributed by atoms with van der Waals surface area (Å²) in [4.78, 5) is 6.65. The highest BCUT2D eigenvalue weighted by atomic mass is 15.2. The van der Waals surface area contributed by atoms with E-state index in [-0.39, 0.29) is 6.04 Å². The van der Waals surface area contributed by atoms with Gasteiger partial charge in [-0.25, -0.2) is 4.98 Å². The summed E-state index contributed by atoms with van der Waals surface area (Å²) in [5.74, 6) is 0.978. The van der Waals surface area contributed by atoms with Crippen LogP contribution in [0.15, 0.2) is 42.6 Å². The maximum atomic E-state index is 5.91. The van der Waals surface area contributed by atoms with Crippen LogP contribution in [0.5, 0.6) is 0 Å². The zero-order valence-corrected chi connectivity index (χ0v) is 11.8. The molecule has 100 valence electrons. The van der Waals surface area contributed by atoms with Gasteiger partial charge in [-0.3, -0.25) is 0 Å². The number of hydrogen-bond donors (Lipinski definition) is 1. The van der Waals surface area contributed by atoms with Crippen LogP contribution in [0, 0.1) is 6.92 Å². The molecule has 0 aliphatic heterocycles. The van der Waals surface area contributed by atoms with Gasteiger partial charge in [0.25, 0.3) is 0 Å². The molecule has 1 aromatic heterocycles. The highest BCUT2D eigenvalue weighted by molar-refractivity contribution is 5.44. The monoisotopic (exact) mass is 255 g/mol. The number of rotatable bonds is 4. The van der Waals surface area contributed by atoms with E-state index in [0.717, 1.165) is 17.9 Å². The minimum atomic E-state index is 0.0287. The average Bonchev–Trinajstić information content (AvgIpc) is 2.39. The van der Waals surface area contributed by atoms with E-state index in [2.05, 4.69) is 54.2 Å². The molecule has 1 atom stereocenters. The summed E-state index contributed by atoms with van der Waals surface area (Å²) in [6.07, 6.45) is 1.89. The molecular formula is C16H21N3. The second kappa shape index (κ2) is 5.85. The van der Waals surface area contributed by atoms with Crippen LogP contribution in [0.3, 0.4) is 0 Å². The third kappa shape index (κ3) is 3.32. The van der Waals surface area contributed by atoms with Crippen molar-refractivity contribution in [2.75, 3.05) is 11.9 Å². The lowest BCUT2D eigenvalue weighted by Gasteiger charge is -2.20. The summed E-state index contributed by atoms with van der Waals surface area (Å²) in [6.45, 7) is 4.92. The summed E-state index contributed by atoms with van der Waals surface area (Å²) >= 11 is 0. The smallest absolute Gasteiger partial charge is 0.128 e. The Morgan fingerprint density at radius 2 is 1.95 bits per heavy atom. The van der Waals surface area contributed by atoms with E-state index in [1.807, 2.05) is 19.2 Å². The Labute approximate surface area is 115 Å². The molecule has 3 heteroatoms. The number of nitrogens with zero attached hydrogens (tertiary/aromatic N) is 2. The van der Waals surface area contributed by atoms with Gasteiger partial charge in [0, 0.05) is 25.8 Å². The van der Waals surface area contributed by atoms with Gasteiger partial charge in [-0.05, 0) is 36.6 Å². The van der Waals surface area contributed by atoms with Gasteiger partial charge in [-0.2, -0.15) is 0 Å².